The fraction of sp³-hybridized carbons (Fsp3) is 0.308. The highest BCUT2D eigenvalue weighted by atomic mass is 19.4. The molecule has 11 heteroatoms. The molecule has 1 aliphatic rings. The Morgan fingerprint density at radius 3 is 2.49 bits per heavy atom. The van der Waals surface area contributed by atoms with Crippen LogP contribution < -0.4 is 15.2 Å². The third-order valence-corrected chi connectivity index (χ3v) is 6.71. The third kappa shape index (κ3) is 4.73. The van der Waals surface area contributed by atoms with Gasteiger partial charge in [0.15, 0.2) is 5.65 Å². The van der Waals surface area contributed by atoms with Crippen molar-refractivity contribution in [3.63, 3.8) is 0 Å². The van der Waals surface area contributed by atoms with Gasteiger partial charge in [0.1, 0.15) is 17.0 Å². The maximum Gasteiger partial charge on any atom is 0.416 e. The number of nitrogens with zero attached hydrogens (tertiary/aromatic N) is 5. The molecule has 0 unspecified atom stereocenters. The first-order valence-corrected chi connectivity index (χ1v) is 11.7. The third-order valence-electron chi connectivity index (χ3n) is 6.71. The van der Waals surface area contributed by atoms with Crippen LogP contribution >= 0.6 is 0 Å². The van der Waals surface area contributed by atoms with Crippen LogP contribution in [0.4, 0.5) is 23.2 Å². The molecule has 0 bridgehead atoms. The van der Waals surface area contributed by atoms with E-state index in [0.29, 0.717) is 42.8 Å². The fourth-order valence-corrected chi connectivity index (χ4v) is 4.93. The maximum atomic E-state index is 14.5. The predicted molar refractivity (Wildman–Crippen MR) is 129 cm³/mol. The molecule has 3 aromatic heterocycles. The molecular formula is C26H23F4N5O2. The molecule has 5 rings (SSSR count). The summed E-state index contributed by atoms with van der Waals surface area (Å²) in [5.41, 5.74) is 0.121. The topological polar surface area (TPSA) is 73.1 Å². The molecule has 1 aromatic carbocycles. The first kappa shape index (κ1) is 24.7. The molecule has 4 heterocycles. The van der Waals surface area contributed by atoms with E-state index in [4.69, 9.17) is 4.74 Å². The molecule has 0 amide bonds. The number of aromatic nitrogens is 4. The molecule has 192 valence electrons. The van der Waals surface area contributed by atoms with Gasteiger partial charge in [0.2, 0.25) is 5.95 Å². The van der Waals surface area contributed by atoms with Crippen LogP contribution in [0.5, 0.6) is 5.75 Å². The molecule has 7 nitrogen and oxygen atoms in total. The van der Waals surface area contributed by atoms with Gasteiger partial charge in [-0.05, 0) is 36.5 Å². The van der Waals surface area contributed by atoms with E-state index >= 15 is 0 Å². The monoisotopic (exact) mass is 513 g/mol. The summed E-state index contributed by atoms with van der Waals surface area (Å²) < 4.78 is 61.9. The molecule has 4 aromatic rings. The van der Waals surface area contributed by atoms with Gasteiger partial charge >= 0.3 is 6.18 Å². The minimum atomic E-state index is -4.56. The van der Waals surface area contributed by atoms with E-state index in [1.54, 1.807) is 12.1 Å². The molecule has 1 aliphatic heterocycles. The quantitative estimate of drug-likeness (QED) is 0.282. The zero-order valence-electron chi connectivity index (χ0n) is 19.9. The number of hydrogen-bond acceptors (Lipinski definition) is 6. The smallest absolute Gasteiger partial charge is 0.416 e. The van der Waals surface area contributed by atoms with Crippen LogP contribution in [0.2, 0.25) is 0 Å². The summed E-state index contributed by atoms with van der Waals surface area (Å²) in [6, 6.07) is 8.44. The van der Waals surface area contributed by atoms with E-state index in [9.17, 15) is 22.4 Å². The molecule has 0 atom stereocenters. The highest BCUT2D eigenvalue weighted by Crippen LogP contribution is 2.36. The lowest BCUT2D eigenvalue weighted by Crippen LogP contribution is -2.36. The lowest BCUT2D eigenvalue weighted by Gasteiger charge is -2.34. The summed E-state index contributed by atoms with van der Waals surface area (Å²) in [6.07, 6.45) is 0.705. The summed E-state index contributed by atoms with van der Waals surface area (Å²) >= 11 is 0. The number of benzene rings is 1. The Morgan fingerprint density at radius 2 is 1.76 bits per heavy atom. The summed E-state index contributed by atoms with van der Waals surface area (Å²) in [5, 5.41) is 0. The first-order valence-electron chi connectivity index (χ1n) is 11.7. The van der Waals surface area contributed by atoms with Crippen molar-refractivity contribution in [2.24, 2.45) is 0 Å². The van der Waals surface area contributed by atoms with Crippen molar-refractivity contribution in [3.05, 3.63) is 88.0 Å². The largest absolute Gasteiger partial charge is 0.494 e. The van der Waals surface area contributed by atoms with Crippen LogP contribution in [0.25, 0.3) is 11.2 Å². The van der Waals surface area contributed by atoms with E-state index in [-0.39, 0.29) is 29.4 Å². The van der Waals surface area contributed by atoms with Crippen LogP contribution in [0.3, 0.4) is 0 Å². The van der Waals surface area contributed by atoms with Crippen molar-refractivity contribution < 1.29 is 22.3 Å². The Bertz CT molecular complexity index is 1500. The van der Waals surface area contributed by atoms with Gasteiger partial charge in [-0.1, -0.05) is 18.2 Å². The highest BCUT2D eigenvalue weighted by Gasteiger charge is 2.33. The van der Waals surface area contributed by atoms with E-state index in [1.807, 2.05) is 4.90 Å². The highest BCUT2D eigenvalue weighted by molar-refractivity contribution is 5.71. The number of piperidine rings is 1. The summed E-state index contributed by atoms with van der Waals surface area (Å²) in [7, 11) is 1.46. The van der Waals surface area contributed by atoms with Gasteiger partial charge in [-0.15, -0.1) is 0 Å². The molecule has 0 spiro atoms. The van der Waals surface area contributed by atoms with Crippen molar-refractivity contribution >= 4 is 16.9 Å². The number of methoxy groups -OCH3 is 1. The second-order valence-electron chi connectivity index (χ2n) is 8.83. The van der Waals surface area contributed by atoms with Crippen LogP contribution in [0.15, 0.2) is 59.8 Å². The van der Waals surface area contributed by atoms with Gasteiger partial charge in [-0.2, -0.15) is 17.6 Å². The Labute approximate surface area is 209 Å². The Hall–Kier alpha value is -4.02. The predicted octanol–water partition coefficient (Wildman–Crippen LogP) is 4.79. The van der Waals surface area contributed by atoms with Gasteiger partial charge in [0.05, 0.1) is 19.2 Å². The minimum absolute atomic E-state index is 0.0322. The summed E-state index contributed by atoms with van der Waals surface area (Å²) in [5.74, 6) is -0.452. The zero-order valence-corrected chi connectivity index (χ0v) is 19.9. The van der Waals surface area contributed by atoms with Crippen molar-refractivity contribution in [2.45, 2.75) is 31.5 Å². The second kappa shape index (κ2) is 9.79. The van der Waals surface area contributed by atoms with Crippen molar-refractivity contribution in [1.29, 1.82) is 0 Å². The number of hydrogen-bond donors (Lipinski definition) is 0. The number of anilines is 1. The normalized spacial score (nSPS) is 14.8. The average molecular weight is 513 g/mol. The SMILES string of the molecule is COc1ccnc(F)c1N1CCC(c2cc3nccnc3n(Cc3ccccc3C(F)(F)F)c2=O)CC1. The number of pyridine rings is 2. The molecule has 0 N–H and O–H groups in total. The summed E-state index contributed by atoms with van der Waals surface area (Å²) in [6.45, 7) is 0.589. The van der Waals surface area contributed by atoms with Gasteiger partial charge in [-0.25, -0.2) is 9.97 Å². The fourth-order valence-electron chi connectivity index (χ4n) is 4.93. The van der Waals surface area contributed by atoms with Crippen LogP contribution in [-0.4, -0.2) is 39.7 Å². The van der Waals surface area contributed by atoms with Crippen molar-refractivity contribution in [3.8, 4) is 5.75 Å². The standard InChI is InChI=1S/C26H23F4N5O2/c1-37-21-6-9-32-23(27)22(21)34-12-7-16(8-13-34)18-14-20-24(33-11-10-31-20)35(25(18)36)15-17-4-2-3-5-19(17)26(28,29)30/h2-6,9-11,14,16H,7-8,12-13,15H2,1H3. The molecule has 0 saturated carbocycles. The first-order chi connectivity index (χ1) is 17.8. The minimum Gasteiger partial charge on any atom is -0.494 e. The number of rotatable bonds is 5. The lowest BCUT2D eigenvalue weighted by atomic mass is 9.89. The number of ether oxygens (including phenoxy) is 1. The Balaban J connectivity index is 1.50. The maximum absolute atomic E-state index is 14.5. The molecule has 1 fully saturated rings. The average Bonchev–Trinajstić information content (AvgIpc) is 2.90. The van der Waals surface area contributed by atoms with Gasteiger partial charge in [0.25, 0.3) is 5.56 Å². The van der Waals surface area contributed by atoms with Crippen LogP contribution in [0, 0.1) is 5.95 Å². The van der Waals surface area contributed by atoms with Crippen molar-refractivity contribution in [1.82, 2.24) is 19.5 Å². The number of fused-ring (bicyclic) bond motifs is 1. The van der Waals surface area contributed by atoms with Crippen LogP contribution in [-0.2, 0) is 12.7 Å². The van der Waals surface area contributed by atoms with E-state index in [0.717, 1.165) is 6.07 Å². The lowest BCUT2D eigenvalue weighted by molar-refractivity contribution is -0.138. The molecule has 37 heavy (non-hydrogen) atoms. The summed E-state index contributed by atoms with van der Waals surface area (Å²) in [4.78, 5) is 27.8. The molecule has 1 saturated heterocycles. The molecule has 0 aliphatic carbocycles. The van der Waals surface area contributed by atoms with Crippen LogP contribution in [0.1, 0.15) is 35.4 Å². The van der Waals surface area contributed by atoms with Gasteiger partial charge in [0, 0.05) is 43.3 Å². The number of halogens is 4. The molecular weight excluding hydrogens is 490 g/mol. The number of alkyl halides is 3. The Morgan fingerprint density at radius 1 is 1.03 bits per heavy atom. The van der Waals surface area contributed by atoms with Gasteiger partial charge < -0.3 is 9.64 Å². The van der Waals surface area contributed by atoms with Gasteiger partial charge in [-0.3, -0.25) is 14.3 Å². The van der Waals surface area contributed by atoms with E-state index in [2.05, 4.69) is 15.0 Å². The zero-order chi connectivity index (χ0) is 26.2. The van der Waals surface area contributed by atoms with Crippen molar-refractivity contribution in [2.75, 3.05) is 25.1 Å². The molecule has 0 radical (unpaired) electrons. The second-order valence-corrected chi connectivity index (χ2v) is 8.83. The Kier molecular flexibility index (Phi) is 6.53. The van der Waals surface area contributed by atoms with E-state index < -0.39 is 23.2 Å². The van der Waals surface area contributed by atoms with E-state index in [1.165, 1.54) is 48.5 Å².